The first-order valence-electron chi connectivity index (χ1n) is 4.77. The third-order valence-electron chi connectivity index (χ3n) is 2.10. The number of rotatable bonds is 3. The number of halogens is 1. The van der Waals surface area contributed by atoms with E-state index in [1.54, 1.807) is 6.20 Å². The van der Waals surface area contributed by atoms with Gasteiger partial charge in [-0.1, -0.05) is 6.07 Å². The molecular weight excluding hydrogens is 313 g/mol. The molecule has 16 heavy (non-hydrogen) atoms. The van der Waals surface area contributed by atoms with Crippen LogP contribution in [-0.2, 0) is 0 Å². The highest BCUT2D eigenvalue weighted by Gasteiger charge is 2.01. The summed E-state index contributed by atoms with van der Waals surface area (Å²) in [6.45, 7) is 0. The van der Waals surface area contributed by atoms with Gasteiger partial charge in [0.2, 0.25) is 0 Å². The Hall–Kier alpha value is -1.43. The molecule has 0 aliphatic carbocycles. The molecule has 2 rings (SSSR count). The van der Waals surface area contributed by atoms with Crippen LogP contribution in [0.1, 0.15) is 5.56 Å². The molecule has 0 saturated carbocycles. The number of hydrogen-bond acceptors (Lipinski definition) is 3. The second-order valence-electron chi connectivity index (χ2n) is 3.22. The van der Waals surface area contributed by atoms with E-state index in [-0.39, 0.29) is 0 Å². The molecule has 0 unspecified atom stereocenters. The largest absolute Gasteiger partial charge is 0.340 e. The van der Waals surface area contributed by atoms with Crippen molar-refractivity contribution >= 4 is 40.3 Å². The van der Waals surface area contributed by atoms with E-state index in [1.165, 1.54) is 6.21 Å². The van der Waals surface area contributed by atoms with Crippen LogP contribution >= 0.6 is 22.6 Å². The topological polar surface area (TPSA) is 48.8 Å². The summed E-state index contributed by atoms with van der Waals surface area (Å²) in [6, 6.07) is 11.6. The normalized spacial score (nSPS) is 9.81. The first-order valence-corrected chi connectivity index (χ1v) is 5.85. The molecule has 2 N–H and O–H groups in total. The fraction of sp³-hybridized carbons (Fsp3) is 0. The molecular formula is C12H10IN3. The number of benzene rings is 1. The Kier molecular flexibility index (Phi) is 3.51. The van der Waals surface area contributed by atoms with Crippen molar-refractivity contribution in [3.05, 3.63) is 51.7 Å². The first kappa shape index (κ1) is 11.1. The van der Waals surface area contributed by atoms with Gasteiger partial charge in [-0.2, -0.15) is 0 Å². The van der Waals surface area contributed by atoms with Crippen molar-refractivity contribution < 1.29 is 0 Å². The third kappa shape index (κ3) is 2.57. The van der Waals surface area contributed by atoms with Gasteiger partial charge in [-0.05, 0) is 52.9 Å². The molecule has 0 radical (unpaired) electrons. The minimum absolute atomic E-state index is 0.784. The summed E-state index contributed by atoms with van der Waals surface area (Å²) < 4.78 is 1.11. The molecule has 2 aromatic rings. The van der Waals surface area contributed by atoms with Crippen LogP contribution in [0.15, 0.2) is 42.6 Å². The Bertz CT molecular complexity index is 497. The van der Waals surface area contributed by atoms with E-state index in [0.29, 0.717) is 0 Å². The SMILES string of the molecule is N=Cc1cc(I)ccc1Nc1ccccn1. The summed E-state index contributed by atoms with van der Waals surface area (Å²) in [5.41, 5.74) is 1.76. The summed E-state index contributed by atoms with van der Waals surface area (Å²) in [5, 5.41) is 10.5. The summed E-state index contributed by atoms with van der Waals surface area (Å²) >= 11 is 2.23. The third-order valence-corrected chi connectivity index (χ3v) is 2.77. The van der Waals surface area contributed by atoms with Crippen molar-refractivity contribution in [2.45, 2.75) is 0 Å². The van der Waals surface area contributed by atoms with Gasteiger partial charge in [0.1, 0.15) is 5.82 Å². The Morgan fingerprint density at radius 2 is 2.12 bits per heavy atom. The number of nitrogens with one attached hydrogen (secondary N) is 2. The number of nitrogens with zero attached hydrogens (tertiary/aromatic N) is 1. The number of pyridine rings is 1. The molecule has 4 heteroatoms. The zero-order valence-electron chi connectivity index (χ0n) is 8.44. The lowest BCUT2D eigenvalue weighted by Crippen LogP contribution is -1.97. The summed E-state index contributed by atoms with van der Waals surface area (Å²) in [4.78, 5) is 4.18. The standard InChI is InChI=1S/C12H10IN3/c13-10-4-5-11(9(7-10)8-14)16-12-3-1-2-6-15-12/h1-8,14H,(H,15,16). The van der Waals surface area contributed by atoms with Crippen LogP contribution in [0, 0.1) is 8.98 Å². The molecule has 80 valence electrons. The van der Waals surface area contributed by atoms with Crippen molar-refractivity contribution in [2.24, 2.45) is 0 Å². The van der Waals surface area contributed by atoms with Gasteiger partial charge in [-0.3, -0.25) is 0 Å². The smallest absolute Gasteiger partial charge is 0.130 e. The van der Waals surface area contributed by atoms with Crippen LogP contribution in [0.3, 0.4) is 0 Å². The van der Waals surface area contributed by atoms with Crippen molar-refractivity contribution in [3.63, 3.8) is 0 Å². The maximum absolute atomic E-state index is 7.36. The van der Waals surface area contributed by atoms with Gasteiger partial charge in [-0.15, -0.1) is 0 Å². The molecule has 0 spiro atoms. The molecule has 0 aliphatic rings. The minimum atomic E-state index is 0.784. The van der Waals surface area contributed by atoms with Crippen molar-refractivity contribution in [1.82, 2.24) is 4.98 Å². The average Bonchev–Trinajstić information content (AvgIpc) is 2.33. The molecule has 0 saturated heterocycles. The second-order valence-corrected chi connectivity index (χ2v) is 4.46. The lowest BCUT2D eigenvalue weighted by atomic mass is 10.2. The van der Waals surface area contributed by atoms with E-state index < -0.39 is 0 Å². The Morgan fingerprint density at radius 1 is 1.25 bits per heavy atom. The number of aromatic nitrogens is 1. The van der Waals surface area contributed by atoms with Gasteiger partial charge in [-0.25, -0.2) is 4.98 Å². The molecule has 1 heterocycles. The highest BCUT2D eigenvalue weighted by atomic mass is 127. The second kappa shape index (κ2) is 5.07. The average molecular weight is 323 g/mol. The van der Waals surface area contributed by atoms with Crippen LogP contribution in [0.5, 0.6) is 0 Å². The van der Waals surface area contributed by atoms with Gasteiger partial charge in [0.25, 0.3) is 0 Å². The van der Waals surface area contributed by atoms with Gasteiger partial charge in [0, 0.05) is 27.2 Å². The van der Waals surface area contributed by atoms with E-state index in [2.05, 4.69) is 32.9 Å². The number of anilines is 2. The summed E-state index contributed by atoms with van der Waals surface area (Å²) in [6.07, 6.45) is 3.08. The number of hydrogen-bond donors (Lipinski definition) is 2. The lowest BCUT2D eigenvalue weighted by molar-refractivity contribution is 1.31. The van der Waals surface area contributed by atoms with Gasteiger partial charge < -0.3 is 10.7 Å². The van der Waals surface area contributed by atoms with Gasteiger partial charge in [0.05, 0.1) is 0 Å². The van der Waals surface area contributed by atoms with Crippen molar-refractivity contribution in [2.75, 3.05) is 5.32 Å². The fourth-order valence-electron chi connectivity index (χ4n) is 1.34. The van der Waals surface area contributed by atoms with Crippen LogP contribution in [0.2, 0.25) is 0 Å². The fourth-order valence-corrected chi connectivity index (χ4v) is 1.86. The molecule has 0 amide bonds. The predicted molar refractivity (Wildman–Crippen MR) is 74.6 cm³/mol. The molecule has 0 bridgehead atoms. The zero-order valence-corrected chi connectivity index (χ0v) is 10.6. The van der Waals surface area contributed by atoms with Gasteiger partial charge in [0.15, 0.2) is 0 Å². The van der Waals surface area contributed by atoms with E-state index in [0.717, 1.165) is 20.6 Å². The van der Waals surface area contributed by atoms with Crippen LogP contribution in [0.4, 0.5) is 11.5 Å². The highest BCUT2D eigenvalue weighted by Crippen LogP contribution is 2.20. The minimum Gasteiger partial charge on any atom is -0.340 e. The predicted octanol–water partition coefficient (Wildman–Crippen LogP) is 3.43. The Labute approximate surface area is 108 Å². The summed E-state index contributed by atoms with van der Waals surface area (Å²) in [7, 11) is 0. The summed E-state index contributed by atoms with van der Waals surface area (Å²) in [5.74, 6) is 0.784. The van der Waals surface area contributed by atoms with Crippen molar-refractivity contribution in [1.29, 1.82) is 5.41 Å². The van der Waals surface area contributed by atoms with Crippen LogP contribution in [0.25, 0.3) is 0 Å². The van der Waals surface area contributed by atoms with E-state index in [4.69, 9.17) is 5.41 Å². The van der Waals surface area contributed by atoms with Crippen LogP contribution in [-0.4, -0.2) is 11.2 Å². The highest BCUT2D eigenvalue weighted by molar-refractivity contribution is 14.1. The van der Waals surface area contributed by atoms with Crippen molar-refractivity contribution in [3.8, 4) is 0 Å². The molecule has 0 atom stereocenters. The molecule has 1 aromatic heterocycles. The first-order chi connectivity index (χ1) is 7.79. The van der Waals surface area contributed by atoms with E-state index >= 15 is 0 Å². The maximum Gasteiger partial charge on any atom is 0.130 e. The molecule has 3 nitrogen and oxygen atoms in total. The Morgan fingerprint density at radius 3 is 2.81 bits per heavy atom. The van der Waals surface area contributed by atoms with Gasteiger partial charge >= 0.3 is 0 Å². The maximum atomic E-state index is 7.36. The van der Waals surface area contributed by atoms with E-state index in [9.17, 15) is 0 Å². The zero-order chi connectivity index (χ0) is 11.4. The molecule has 0 fully saturated rings. The Balaban J connectivity index is 2.31. The monoisotopic (exact) mass is 323 g/mol. The molecule has 0 aliphatic heterocycles. The van der Waals surface area contributed by atoms with Crippen LogP contribution < -0.4 is 5.32 Å². The lowest BCUT2D eigenvalue weighted by Gasteiger charge is -2.08. The van der Waals surface area contributed by atoms with E-state index in [1.807, 2.05) is 36.4 Å². The quantitative estimate of drug-likeness (QED) is 0.672. The molecule has 1 aromatic carbocycles.